The van der Waals surface area contributed by atoms with Crippen molar-refractivity contribution < 1.29 is 13.9 Å². The molecule has 1 saturated carbocycles. The number of morpholine rings is 1. The number of pyridine rings is 2. The van der Waals surface area contributed by atoms with Gasteiger partial charge in [-0.15, -0.1) is 0 Å². The van der Waals surface area contributed by atoms with Crippen molar-refractivity contribution in [1.29, 1.82) is 0 Å². The number of nitrogens with zero attached hydrogens (tertiary/aromatic N) is 4. The van der Waals surface area contributed by atoms with Crippen LogP contribution in [-0.4, -0.2) is 53.2 Å². The van der Waals surface area contributed by atoms with Gasteiger partial charge in [0.2, 0.25) is 11.8 Å². The minimum atomic E-state index is 0.0188. The van der Waals surface area contributed by atoms with Gasteiger partial charge in [-0.1, -0.05) is 6.92 Å². The average Bonchev–Trinajstić information content (AvgIpc) is 3.39. The Bertz CT molecular complexity index is 1480. The van der Waals surface area contributed by atoms with Crippen LogP contribution < -0.4 is 15.5 Å². The summed E-state index contributed by atoms with van der Waals surface area (Å²) in [7, 11) is 1.82. The minimum absolute atomic E-state index is 0.0188. The first-order valence-electron chi connectivity index (χ1n) is 12.6. The number of benzene rings is 1. The molecule has 1 aliphatic carbocycles. The molecule has 2 unspecified atom stereocenters. The van der Waals surface area contributed by atoms with E-state index in [1.807, 2.05) is 19.2 Å². The van der Waals surface area contributed by atoms with Crippen LogP contribution in [0.1, 0.15) is 26.2 Å². The lowest BCUT2D eigenvalue weighted by Gasteiger charge is -2.36. The largest absolute Gasteiger partial charge is 0.436 e. The van der Waals surface area contributed by atoms with Crippen molar-refractivity contribution in [3.8, 4) is 11.5 Å². The van der Waals surface area contributed by atoms with Gasteiger partial charge in [-0.3, -0.25) is 4.79 Å². The van der Waals surface area contributed by atoms with Crippen molar-refractivity contribution in [2.75, 3.05) is 35.8 Å². The number of fused-ring (bicyclic) bond motifs is 4. The number of carbonyl (C=O) groups excluding carboxylic acids is 1. The molecule has 0 radical (unpaired) electrons. The maximum atomic E-state index is 12.5. The van der Waals surface area contributed by atoms with Crippen LogP contribution in [0.5, 0.6) is 0 Å². The van der Waals surface area contributed by atoms with Gasteiger partial charge in [0, 0.05) is 41.8 Å². The fourth-order valence-electron chi connectivity index (χ4n) is 5.72. The standard InChI is InChI=1S/C27H28N6O3/c1-14-7-18(14)26(34)32-24-9-19-20(10-29-24)25(28-2)30-11-21(19)27-31-22-8-15(5-6-23(22)36-27)33-16-3-4-17(33)13-35-12-16/h5-6,8-11,14,16-18H,3-4,7,12-13H2,1-2H3,(H,28,30)(H,29,32,34)/t14-,16?,17?,18+/m1/s1. The molecule has 1 amide bonds. The molecule has 2 saturated heterocycles. The van der Waals surface area contributed by atoms with Gasteiger partial charge in [-0.25, -0.2) is 15.0 Å². The monoisotopic (exact) mass is 484 g/mol. The number of nitrogens with one attached hydrogen (secondary N) is 2. The quantitative estimate of drug-likeness (QED) is 0.428. The van der Waals surface area contributed by atoms with E-state index >= 15 is 0 Å². The van der Waals surface area contributed by atoms with Gasteiger partial charge in [0.15, 0.2) is 5.58 Å². The van der Waals surface area contributed by atoms with Gasteiger partial charge >= 0.3 is 0 Å². The summed E-state index contributed by atoms with van der Waals surface area (Å²) in [5, 5.41) is 7.79. The number of hydrogen-bond acceptors (Lipinski definition) is 8. The Kier molecular flexibility index (Phi) is 4.89. The molecule has 2 bridgehead atoms. The maximum Gasteiger partial charge on any atom is 0.229 e. The number of anilines is 3. The predicted molar refractivity (Wildman–Crippen MR) is 138 cm³/mol. The smallest absolute Gasteiger partial charge is 0.229 e. The van der Waals surface area contributed by atoms with Crippen molar-refractivity contribution in [3.63, 3.8) is 0 Å². The Balaban J connectivity index is 1.28. The molecule has 2 N–H and O–H groups in total. The number of rotatable bonds is 5. The molecule has 7 rings (SSSR count). The first kappa shape index (κ1) is 21.6. The SMILES string of the molecule is CNc1ncc(-c2nc3cc(N4C5CCC4COC5)ccc3o2)c2cc(NC(=O)[C@H]3C[C@H]3C)ncc12. The Morgan fingerprint density at radius 2 is 1.89 bits per heavy atom. The maximum absolute atomic E-state index is 12.5. The van der Waals surface area contributed by atoms with Gasteiger partial charge < -0.3 is 24.7 Å². The third-order valence-electron chi connectivity index (χ3n) is 7.85. The summed E-state index contributed by atoms with van der Waals surface area (Å²) >= 11 is 0. The van der Waals surface area contributed by atoms with Crippen LogP contribution in [0.25, 0.3) is 33.3 Å². The van der Waals surface area contributed by atoms with E-state index in [1.165, 1.54) is 0 Å². The molecule has 4 atom stereocenters. The zero-order chi connectivity index (χ0) is 24.4. The average molecular weight is 485 g/mol. The van der Waals surface area contributed by atoms with E-state index in [2.05, 4.69) is 44.6 Å². The molecule has 2 aliphatic heterocycles. The molecule has 9 nitrogen and oxygen atoms in total. The zero-order valence-electron chi connectivity index (χ0n) is 20.3. The third-order valence-corrected chi connectivity index (χ3v) is 7.85. The van der Waals surface area contributed by atoms with Crippen LogP contribution in [-0.2, 0) is 9.53 Å². The second kappa shape index (κ2) is 8.16. The number of amides is 1. The third kappa shape index (κ3) is 3.49. The minimum Gasteiger partial charge on any atom is -0.436 e. The van der Waals surface area contributed by atoms with Crippen molar-refractivity contribution in [2.45, 2.75) is 38.3 Å². The lowest BCUT2D eigenvalue weighted by atomic mass is 10.1. The highest BCUT2D eigenvalue weighted by molar-refractivity contribution is 6.03. The van der Waals surface area contributed by atoms with Gasteiger partial charge in [0.25, 0.3) is 0 Å². The van der Waals surface area contributed by atoms with Crippen LogP contribution in [0.3, 0.4) is 0 Å². The number of ether oxygens (including phenoxy) is 1. The molecule has 3 fully saturated rings. The Morgan fingerprint density at radius 3 is 2.64 bits per heavy atom. The molecule has 5 heterocycles. The van der Waals surface area contributed by atoms with E-state index in [0.717, 1.165) is 65.6 Å². The summed E-state index contributed by atoms with van der Waals surface area (Å²) in [4.78, 5) is 28.9. The van der Waals surface area contributed by atoms with Crippen LogP contribution in [0.2, 0.25) is 0 Å². The molecule has 3 aliphatic rings. The normalized spacial score (nSPS) is 24.9. The molecule has 184 valence electrons. The van der Waals surface area contributed by atoms with Crippen LogP contribution in [0.15, 0.2) is 41.1 Å². The van der Waals surface area contributed by atoms with Crippen molar-refractivity contribution in [3.05, 3.63) is 36.7 Å². The fraction of sp³-hybridized carbons (Fsp3) is 0.407. The Hall–Kier alpha value is -3.72. The predicted octanol–water partition coefficient (Wildman–Crippen LogP) is 4.44. The summed E-state index contributed by atoms with van der Waals surface area (Å²) in [5.41, 5.74) is 3.45. The molecule has 4 aromatic rings. The number of aromatic nitrogens is 3. The van der Waals surface area contributed by atoms with E-state index in [-0.39, 0.29) is 11.8 Å². The highest BCUT2D eigenvalue weighted by Crippen LogP contribution is 2.40. The zero-order valence-corrected chi connectivity index (χ0v) is 20.3. The first-order valence-corrected chi connectivity index (χ1v) is 12.6. The summed E-state index contributed by atoms with van der Waals surface area (Å²) in [5.74, 6) is 2.23. The molecule has 36 heavy (non-hydrogen) atoms. The lowest BCUT2D eigenvalue weighted by Crippen LogP contribution is -2.45. The number of carbonyl (C=O) groups is 1. The number of hydrogen-bond donors (Lipinski definition) is 2. The highest BCUT2D eigenvalue weighted by Gasteiger charge is 2.39. The Labute approximate surface area is 208 Å². The van der Waals surface area contributed by atoms with Crippen molar-refractivity contribution in [2.24, 2.45) is 11.8 Å². The van der Waals surface area contributed by atoms with Gasteiger partial charge in [0.05, 0.1) is 30.9 Å². The summed E-state index contributed by atoms with van der Waals surface area (Å²) in [6, 6.07) is 8.96. The second-order valence-electron chi connectivity index (χ2n) is 10.2. The van der Waals surface area contributed by atoms with E-state index in [4.69, 9.17) is 14.1 Å². The second-order valence-corrected chi connectivity index (χ2v) is 10.2. The van der Waals surface area contributed by atoms with Gasteiger partial charge in [-0.05, 0) is 49.4 Å². The van der Waals surface area contributed by atoms with Gasteiger partial charge in [0.1, 0.15) is 17.2 Å². The molecular formula is C27H28N6O3. The first-order chi connectivity index (χ1) is 17.6. The van der Waals surface area contributed by atoms with Crippen LogP contribution >= 0.6 is 0 Å². The van der Waals surface area contributed by atoms with Crippen molar-refractivity contribution in [1.82, 2.24) is 15.0 Å². The summed E-state index contributed by atoms with van der Waals surface area (Å²) < 4.78 is 12.0. The van der Waals surface area contributed by atoms with E-state index < -0.39 is 0 Å². The van der Waals surface area contributed by atoms with Crippen LogP contribution in [0.4, 0.5) is 17.3 Å². The van der Waals surface area contributed by atoms with Crippen LogP contribution in [0, 0.1) is 11.8 Å². The molecular weight excluding hydrogens is 456 g/mol. The topological polar surface area (TPSA) is 105 Å². The van der Waals surface area contributed by atoms with Gasteiger partial charge in [-0.2, -0.15) is 0 Å². The Morgan fingerprint density at radius 1 is 1.08 bits per heavy atom. The fourth-order valence-corrected chi connectivity index (χ4v) is 5.72. The summed E-state index contributed by atoms with van der Waals surface area (Å²) in [6.07, 6.45) is 6.74. The van der Waals surface area contributed by atoms with E-state index in [0.29, 0.717) is 35.5 Å². The molecule has 1 aromatic carbocycles. The summed E-state index contributed by atoms with van der Waals surface area (Å²) in [6.45, 7) is 3.64. The highest BCUT2D eigenvalue weighted by atomic mass is 16.5. The lowest BCUT2D eigenvalue weighted by molar-refractivity contribution is -0.117. The van der Waals surface area contributed by atoms with E-state index in [9.17, 15) is 4.79 Å². The van der Waals surface area contributed by atoms with E-state index in [1.54, 1.807) is 12.4 Å². The molecule has 9 heteroatoms. The van der Waals surface area contributed by atoms with Crippen molar-refractivity contribution >= 4 is 45.1 Å². The number of oxazole rings is 1. The molecule has 0 spiro atoms. The molecule has 3 aromatic heterocycles.